The van der Waals surface area contributed by atoms with E-state index in [0.29, 0.717) is 16.6 Å². The molecule has 0 radical (unpaired) electrons. The zero-order valence-electron chi connectivity index (χ0n) is 11.0. The maximum atomic E-state index is 6.14. The zero-order chi connectivity index (χ0) is 14.7. The lowest BCUT2D eigenvalue weighted by Crippen LogP contribution is -2.02. The lowest BCUT2D eigenvalue weighted by molar-refractivity contribution is 0.847. The molecule has 1 aromatic carbocycles. The number of benzene rings is 1. The number of hydrogen-bond acceptors (Lipinski definition) is 3. The molecule has 106 valence electrons. The zero-order valence-corrected chi connectivity index (χ0v) is 12.5. The first-order valence-corrected chi connectivity index (χ1v) is 7.12. The molecule has 0 aliphatic carbocycles. The van der Waals surface area contributed by atoms with Crippen LogP contribution in [0.25, 0.3) is 5.82 Å². The van der Waals surface area contributed by atoms with E-state index in [4.69, 9.17) is 23.2 Å². The number of aromatic nitrogens is 3. The summed E-state index contributed by atoms with van der Waals surface area (Å²) in [4.78, 5) is 4.35. The minimum atomic E-state index is 0.610. The standard InChI is InChI=1S/C15H12Cl2N4/c16-12-3-2-11(14(17)8-12)9-18-13-4-5-15(19-10-13)21-7-1-6-20-21/h1-8,10,18H,9H2. The maximum absolute atomic E-state index is 6.14. The highest BCUT2D eigenvalue weighted by Gasteiger charge is 2.02. The summed E-state index contributed by atoms with van der Waals surface area (Å²) in [5, 5.41) is 8.69. The predicted molar refractivity (Wildman–Crippen MR) is 85.1 cm³/mol. The van der Waals surface area contributed by atoms with Gasteiger partial charge < -0.3 is 5.32 Å². The van der Waals surface area contributed by atoms with E-state index in [2.05, 4.69) is 15.4 Å². The van der Waals surface area contributed by atoms with Crippen molar-refractivity contribution in [3.05, 3.63) is 70.6 Å². The Morgan fingerprint density at radius 1 is 1.14 bits per heavy atom. The number of rotatable bonds is 4. The minimum Gasteiger partial charge on any atom is -0.380 e. The smallest absolute Gasteiger partial charge is 0.153 e. The van der Waals surface area contributed by atoms with Crippen molar-refractivity contribution >= 4 is 28.9 Å². The van der Waals surface area contributed by atoms with Crippen molar-refractivity contribution in [2.24, 2.45) is 0 Å². The quantitative estimate of drug-likeness (QED) is 0.784. The Morgan fingerprint density at radius 2 is 2.05 bits per heavy atom. The van der Waals surface area contributed by atoms with Crippen LogP contribution >= 0.6 is 23.2 Å². The van der Waals surface area contributed by atoms with E-state index in [9.17, 15) is 0 Å². The number of hydrogen-bond donors (Lipinski definition) is 1. The highest BCUT2D eigenvalue weighted by Crippen LogP contribution is 2.22. The summed E-state index contributed by atoms with van der Waals surface area (Å²) in [7, 11) is 0. The molecular formula is C15H12Cl2N4. The van der Waals surface area contributed by atoms with Crippen LogP contribution in [0.4, 0.5) is 5.69 Å². The van der Waals surface area contributed by atoms with Crippen molar-refractivity contribution in [2.45, 2.75) is 6.54 Å². The molecule has 6 heteroatoms. The van der Waals surface area contributed by atoms with Gasteiger partial charge in [-0.3, -0.25) is 0 Å². The van der Waals surface area contributed by atoms with Gasteiger partial charge in [-0.05, 0) is 35.9 Å². The monoisotopic (exact) mass is 318 g/mol. The Hall–Kier alpha value is -2.04. The van der Waals surface area contributed by atoms with E-state index in [-0.39, 0.29) is 0 Å². The predicted octanol–water partition coefficient (Wildman–Crippen LogP) is 4.19. The van der Waals surface area contributed by atoms with Gasteiger partial charge in [0.25, 0.3) is 0 Å². The summed E-state index contributed by atoms with van der Waals surface area (Å²) in [6.45, 7) is 0.610. The van der Waals surface area contributed by atoms with Gasteiger partial charge in [-0.1, -0.05) is 29.3 Å². The van der Waals surface area contributed by atoms with Crippen molar-refractivity contribution in [1.29, 1.82) is 0 Å². The molecule has 1 N–H and O–H groups in total. The van der Waals surface area contributed by atoms with Gasteiger partial charge in [0.2, 0.25) is 0 Å². The van der Waals surface area contributed by atoms with Crippen LogP contribution in [0.5, 0.6) is 0 Å². The number of halogens is 2. The molecule has 21 heavy (non-hydrogen) atoms. The van der Waals surface area contributed by atoms with Crippen molar-refractivity contribution < 1.29 is 0 Å². The molecule has 4 nitrogen and oxygen atoms in total. The van der Waals surface area contributed by atoms with E-state index >= 15 is 0 Å². The molecule has 0 fully saturated rings. The number of pyridine rings is 1. The van der Waals surface area contributed by atoms with Crippen molar-refractivity contribution in [3.8, 4) is 5.82 Å². The fourth-order valence-corrected chi connectivity index (χ4v) is 2.37. The van der Waals surface area contributed by atoms with Gasteiger partial charge in [0.05, 0.1) is 11.9 Å². The Morgan fingerprint density at radius 3 is 2.71 bits per heavy atom. The SMILES string of the molecule is Clc1ccc(CNc2ccc(-n3cccn3)nc2)c(Cl)c1. The van der Waals surface area contributed by atoms with Crippen LogP contribution in [0, 0.1) is 0 Å². The number of nitrogens with zero attached hydrogens (tertiary/aromatic N) is 3. The lowest BCUT2D eigenvalue weighted by atomic mass is 10.2. The Balaban J connectivity index is 1.68. The van der Waals surface area contributed by atoms with E-state index < -0.39 is 0 Å². The highest BCUT2D eigenvalue weighted by molar-refractivity contribution is 6.35. The largest absolute Gasteiger partial charge is 0.380 e. The van der Waals surface area contributed by atoms with Crippen LogP contribution in [0.3, 0.4) is 0 Å². The molecule has 0 aliphatic heterocycles. The fraction of sp³-hybridized carbons (Fsp3) is 0.0667. The van der Waals surface area contributed by atoms with E-state index in [1.807, 2.05) is 36.5 Å². The summed E-state index contributed by atoms with van der Waals surface area (Å²) in [5.74, 6) is 0.773. The molecule has 2 aromatic heterocycles. The van der Waals surface area contributed by atoms with E-state index in [0.717, 1.165) is 17.1 Å². The van der Waals surface area contributed by atoms with Gasteiger partial charge in [0.1, 0.15) is 0 Å². The summed E-state index contributed by atoms with van der Waals surface area (Å²) >= 11 is 12.0. The molecule has 0 saturated heterocycles. The summed E-state index contributed by atoms with van der Waals surface area (Å²) in [5.41, 5.74) is 1.90. The van der Waals surface area contributed by atoms with Crippen molar-refractivity contribution in [2.75, 3.05) is 5.32 Å². The Labute approximate surface area is 132 Å². The first kappa shape index (κ1) is 13.9. The van der Waals surface area contributed by atoms with Crippen LogP contribution in [-0.4, -0.2) is 14.8 Å². The first-order chi connectivity index (χ1) is 10.2. The van der Waals surface area contributed by atoms with Gasteiger partial charge in [0.15, 0.2) is 5.82 Å². The summed E-state index contributed by atoms with van der Waals surface area (Å²) in [6, 6.07) is 11.2. The van der Waals surface area contributed by atoms with Crippen LogP contribution in [-0.2, 0) is 6.54 Å². The maximum Gasteiger partial charge on any atom is 0.153 e. The van der Waals surface area contributed by atoms with Gasteiger partial charge in [-0.25, -0.2) is 9.67 Å². The Bertz CT molecular complexity index is 724. The van der Waals surface area contributed by atoms with Crippen LogP contribution in [0.15, 0.2) is 55.0 Å². The molecule has 3 rings (SSSR count). The van der Waals surface area contributed by atoms with E-state index in [1.165, 1.54) is 0 Å². The number of anilines is 1. The third kappa shape index (κ3) is 3.35. The van der Waals surface area contributed by atoms with Crippen LogP contribution < -0.4 is 5.32 Å². The molecule has 0 spiro atoms. The molecule has 0 aliphatic rings. The molecular weight excluding hydrogens is 307 g/mol. The molecule has 0 bridgehead atoms. The normalized spacial score (nSPS) is 10.6. The summed E-state index contributed by atoms with van der Waals surface area (Å²) < 4.78 is 1.71. The van der Waals surface area contributed by atoms with Gasteiger partial charge >= 0.3 is 0 Å². The average molecular weight is 319 g/mol. The molecule has 3 aromatic rings. The second kappa shape index (κ2) is 6.16. The third-order valence-corrected chi connectivity index (χ3v) is 3.57. The molecule has 0 unspecified atom stereocenters. The molecule has 2 heterocycles. The van der Waals surface area contributed by atoms with E-state index in [1.54, 1.807) is 23.1 Å². The summed E-state index contributed by atoms with van der Waals surface area (Å²) in [6.07, 6.45) is 5.33. The molecule has 0 saturated carbocycles. The minimum absolute atomic E-state index is 0.610. The highest BCUT2D eigenvalue weighted by atomic mass is 35.5. The number of nitrogens with one attached hydrogen (secondary N) is 1. The second-order valence-electron chi connectivity index (χ2n) is 4.44. The van der Waals surface area contributed by atoms with Crippen LogP contribution in [0.1, 0.15) is 5.56 Å². The third-order valence-electron chi connectivity index (χ3n) is 2.99. The van der Waals surface area contributed by atoms with Gasteiger partial charge in [-0.2, -0.15) is 5.10 Å². The van der Waals surface area contributed by atoms with Crippen molar-refractivity contribution in [3.63, 3.8) is 0 Å². The Kier molecular flexibility index (Phi) is 4.08. The lowest BCUT2D eigenvalue weighted by Gasteiger charge is -2.09. The fourth-order valence-electron chi connectivity index (χ4n) is 1.89. The average Bonchev–Trinajstić information content (AvgIpc) is 3.01. The molecule has 0 atom stereocenters. The van der Waals surface area contributed by atoms with Gasteiger partial charge in [-0.15, -0.1) is 0 Å². The van der Waals surface area contributed by atoms with Gasteiger partial charge in [0, 0.05) is 29.0 Å². The van der Waals surface area contributed by atoms with Crippen LogP contribution in [0.2, 0.25) is 10.0 Å². The topological polar surface area (TPSA) is 42.7 Å². The second-order valence-corrected chi connectivity index (χ2v) is 5.29. The molecule has 0 amide bonds. The first-order valence-electron chi connectivity index (χ1n) is 6.36. The van der Waals surface area contributed by atoms with Crippen molar-refractivity contribution in [1.82, 2.24) is 14.8 Å².